The average molecular weight is 197 g/mol. The largest absolute Gasteiger partial charge is 0.218 e. The first-order chi connectivity index (χ1) is 6.20. The monoisotopic (exact) mass is 197 g/mol. The summed E-state index contributed by atoms with van der Waals surface area (Å²) in [7, 11) is -3.09. The maximum absolute atomic E-state index is 11.5. The van der Waals surface area contributed by atoms with Crippen molar-refractivity contribution >= 4 is 10.0 Å². The molecule has 1 aromatic carbocycles. The fraction of sp³-hybridized carbons (Fsp3) is 0.333. The number of sulfonamides is 1. The van der Waals surface area contributed by atoms with E-state index in [1.54, 1.807) is 0 Å². The predicted octanol–water partition coefficient (Wildman–Crippen LogP) is 1.05. The lowest BCUT2D eigenvalue weighted by Gasteiger charge is -2.07. The Morgan fingerprint density at radius 2 is 1.92 bits per heavy atom. The lowest BCUT2D eigenvalue weighted by molar-refractivity contribution is 0.586. The molecule has 0 bridgehead atoms. The van der Waals surface area contributed by atoms with Gasteiger partial charge in [-0.15, -0.1) is 0 Å². The summed E-state index contributed by atoms with van der Waals surface area (Å²) in [5.41, 5.74) is 0.882. The van der Waals surface area contributed by atoms with Gasteiger partial charge in [-0.05, 0) is 12.0 Å². The van der Waals surface area contributed by atoms with E-state index in [9.17, 15) is 8.42 Å². The summed E-state index contributed by atoms with van der Waals surface area (Å²) in [5, 5.41) is -0.353. The van der Waals surface area contributed by atoms with Crippen molar-refractivity contribution in [3.05, 3.63) is 35.9 Å². The van der Waals surface area contributed by atoms with Gasteiger partial charge in [-0.25, -0.2) is 13.1 Å². The summed E-state index contributed by atoms with van der Waals surface area (Å²) in [6, 6.07) is 9.33. The van der Waals surface area contributed by atoms with Crippen LogP contribution in [0.5, 0.6) is 0 Å². The van der Waals surface area contributed by atoms with Gasteiger partial charge in [0, 0.05) is 6.54 Å². The van der Waals surface area contributed by atoms with Crippen LogP contribution in [-0.4, -0.2) is 15.0 Å². The molecule has 4 heteroatoms. The lowest BCUT2D eigenvalue weighted by atomic mass is 10.1. The average Bonchev–Trinajstić information content (AvgIpc) is 2.47. The number of nitrogens with one attached hydrogen (secondary N) is 1. The van der Waals surface area contributed by atoms with Crippen LogP contribution in [0, 0.1) is 0 Å². The van der Waals surface area contributed by atoms with Gasteiger partial charge in [0.1, 0.15) is 5.25 Å². The third-order valence-corrected chi connectivity index (χ3v) is 4.12. The van der Waals surface area contributed by atoms with Crippen molar-refractivity contribution in [1.82, 2.24) is 4.72 Å². The maximum Gasteiger partial charge on any atom is 0.218 e. The van der Waals surface area contributed by atoms with E-state index >= 15 is 0 Å². The molecule has 0 unspecified atom stereocenters. The van der Waals surface area contributed by atoms with Crippen molar-refractivity contribution in [3.63, 3.8) is 0 Å². The fourth-order valence-corrected chi connectivity index (χ4v) is 3.15. The van der Waals surface area contributed by atoms with Gasteiger partial charge in [0.05, 0.1) is 0 Å². The van der Waals surface area contributed by atoms with E-state index in [-0.39, 0.29) is 5.25 Å². The first-order valence-electron chi connectivity index (χ1n) is 4.23. The molecule has 1 aromatic rings. The van der Waals surface area contributed by atoms with Crippen LogP contribution in [0.4, 0.5) is 0 Å². The molecule has 3 nitrogen and oxygen atoms in total. The van der Waals surface area contributed by atoms with Crippen molar-refractivity contribution in [1.29, 1.82) is 0 Å². The second-order valence-electron chi connectivity index (χ2n) is 3.13. The smallest absolute Gasteiger partial charge is 0.215 e. The molecule has 1 aliphatic heterocycles. The lowest BCUT2D eigenvalue weighted by Crippen LogP contribution is -2.18. The SMILES string of the molecule is O=S1(=O)NCC[C@@H]1c1ccccc1. The van der Waals surface area contributed by atoms with Crippen molar-refractivity contribution in [2.24, 2.45) is 0 Å². The molecule has 1 heterocycles. The van der Waals surface area contributed by atoms with Crippen molar-refractivity contribution < 1.29 is 8.42 Å². The van der Waals surface area contributed by atoms with Gasteiger partial charge in [0.15, 0.2) is 0 Å². The van der Waals surface area contributed by atoms with Crippen molar-refractivity contribution in [2.45, 2.75) is 11.7 Å². The van der Waals surface area contributed by atoms with Gasteiger partial charge in [0.25, 0.3) is 0 Å². The second-order valence-corrected chi connectivity index (χ2v) is 5.08. The van der Waals surface area contributed by atoms with E-state index in [2.05, 4.69) is 4.72 Å². The Hall–Kier alpha value is -0.870. The van der Waals surface area contributed by atoms with Gasteiger partial charge in [0.2, 0.25) is 10.0 Å². The maximum atomic E-state index is 11.5. The highest BCUT2D eigenvalue weighted by atomic mass is 32.2. The molecule has 0 spiro atoms. The first-order valence-corrected chi connectivity index (χ1v) is 5.78. The standard InChI is InChI=1S/C9H11NO2S/c11-13(12)9(6-7-10-13)8-4-2-1-3-5-8/h1-5,9-10H,6-7H2/t9-/m1/s1. The minimum Gasteiger partial charge on any atom is -0.215 e. The highest BCUT2D eigenvalue weighted by Crippen LogP contribution is 2.28. The van der Waals surface area contributed by atoms with Crippen LogP contribution in [0.1, 0.15) is 17.2 Å². The van der Waals surface area contributed by atoms with E-state index in [0.29, 0.717) is 13.0 Å². The van der Waals surface area contributed by atoms with Crippen molar-refractivity contribution in [2.75, 3.05) is 6.54 Å². The van der Waals surface area contributed by atoms with Gasteiger partial charge >= 0.3 is 0 Å². The summed E-state index contributed by atoms with van der Waals surface area (Å²) >= 11 is 0. The minimum absolute atomic E-state index is 0.353. The third-order valence-electron chi connectivity index (χ3n) is 2.26. The molecular weight excluding hydrogens is 186 g/mol. The highest BCUT2D eigenvalue weighted by Gasteiger charge is 2.31. The molecule has 2 rings (SSSR count). The van der Waals surface area contributed by atoms with Crippen molar-refractivity contribution in [3.8, 4) is 0 Å². The van der Waals surface area contributed by atoms with E-state index < -0.39 is 10.0 Å². The van der Waals surface area contributed by atoms with E-state index in [0.717, 1.165) is 5.56 Å². The topological polar surface area (TPSA) is 46.2 Å². The second kappa shape index (κ2) is 3.12. The molecule has 13 heavy (non-hydrogen) atoms. The Balaban J connectivity index is 2.38. The Morgan fingerprint density at radius 1 is 1.23 bits per heavy atom. The van der Waals surface area contributed by atoms with E-state index in [4.69, 9.17) is 0 Å². The van der Waals surface area contributed by atoms with Crippen LogP contribution < -0.4 is 4.72 Å². The van der Waals surface area contributed by atoms with E-state index in [1.165, 1.54) is 0 Å². The van der Waals surface area contributed by atoms with Crippen LogP contribution >= 0.6 is 0 Å². The summed E-state index contributed by atoms with van der Waals surface area (Å²) in [4.78, 5) is 0. The zero-order chi connectivity index (χ0) is 9.31. The minimum atomic E-state index is -3.09. The molecule has 0 aliphatic carbocycles. The van der Waals surface area contributed by atoms with Gasteiger partial charge in [-0.1, -0.05) is 30.3 Å². The van der Waals surface area contributed by atoms with Crippen LogP contribution in [0.3, 0.4) is 0 Å². The predicted molar refractivity (Wildman–Crippen MR) is 50.7 cm³/mol. The molecule has 1 atom stereocenters. The van der Waals surface area contributed by atoms with E-state index in [1.807, 2.05) is 30.3 Å². The summed E-state index contributed by atoms with van der Waals surface area (Å²) in [6.07, 6.45) is 0.673. The zero-order valence-corrected chi connectivity index (χ0v) is 7.92. The number of rotatable bonds is 1. The van der Waals surface area contributed by atoms with Gasteiger partial charge in [-0.3, -0.25) is 0 Å². The molecular formula is C9H11NO2S. The van der Waals surface area contributed by atoms with Crippen LogP contribution in [0.2, 0.25) is 0 Å². The summed E-state index contributed by atoms with van der Waals surface area (Å²) < 4.78 is 25.4. The molecule has 0 radical (unpaired) electrons. The Morgan fingerprint density at radius 3 is 2.46 bits per heavy atom. The van der Waals surface area contributed by atoms with Crippen LogP contribution in [0.25, 0.3) is 0 Å². The van der Waals surface area contributed by atoms with Crippen LogP contribution in [-0.2, 0) is 10.0 Å². The molecule has 70 valence electrons. The molecule has 1 fully saturated rings. The summed E-state index contributed by atoms with van der Waals surface area (Å²) in [5.74, 6) is 0. The first kappa shape index (κ1) is 8.72. The molecule has 0 amide bonds. The summed E-state index contributed by atoms with van der Waals surface area (Å²) in [6.45, 7) is 0.557. The Kier molecular flexibility index (Phi) is 2.09. The molecule has 0 aromatic heterocycles. The zero-order valence-electron chi connectivity index (χ0n) is 7.10. The number of benzene rings is 1. The third kappa shape index (κ3) is 1.59. The normalized spacial score (nSPS) is 26.0. The molecule has 1 saturated heterocycles. The molecule has 1 aliphatic rings. The quantitative estimate of drug-likeness (QED) is 0.731. The number of hydrogen-bond donors (Lipinski definition) is 1. The van der Waals surface area contributed by atoms with Gasteiger partial charge in [-0.2, -0.15) is 0 Å². The molecule has 0 saturated carbocycles. The van der Waals surface area contributed by atoms with Crippen LogP contribution in [0.15, 0.2) is 30.3 Å². The highest BCUT2D eigenvalue weighted by molar-refractivity contribution is 7.90. The fourth-order valence-electron chi connectivity index (χ4n) is 1.60. The molecule has 1 N–H and O–H groups in total. The van der Waals surface area contributed by atoms with Gasteiger partial charge < -0.3 is 0 Å². The Labute approximate surface area is 77.8 Å². The Bertz CT molecular complexity index is 385. The number of hydrogen-bond acceptors (Lipinski definition) is 2.